The molecule has 0 aliphatic carbocycles. The highest BCUT2D eigenvalue weighted by Crippen LogP contribution is 2.26. The van der Waals surface area contributed by atoms with Crippen LogP contribution in [0.3, 0.4) is 0 Å². The summed E-state index contributed by atoms with van der Waals surface area (Å²) in [5.74, 6) is 0.963. The Labute approximate surface area is 103 Å². The third-order valence-electron chi connectivity index (χ3n) is 2.81. The molecule has 1 aromatic heterocycles. The van der Waals surface area contributed by atoms with Gasteiger partial charge in [0.25, 0.3) is 0 Å². The minimum absolute atomic E-state index is 0. The molecule has 2 heterocycles. The topological polar surface area (TPSA) is 34.4 Å². The molecule has 1 aliphatic heterocycles. The van der Waals surface area contributed by atoms with E-state index in [1.165, 1.54) is 0 Å². The second kappa shape index (κ2) is 4.78. The summed E-state index contributed by atoms with van der Waals surface area (Å²) in [4.78, 5) is 0. The van der Waals surface area contributed by atoms with Crippen LogP contribution in [-0.2, 0) is 11.2 Å². The first-order valence-electron chi connectivity index (χ1n) is 5.41. The molecule has 0 aromatic carbocycles. The van der Waals surface area contributed by atoms with Gasteiger partial charge in [-0.3, -0.25) is 5.32 Å². The fraction of sp³-hybridized carbons (Fsp3) is 0.667. The van der Waals surface area contributed by atoms with Crippen LogP contribution in [0.15, 0.2) is 22.8 Å². The summed E-state index contributed by atoms with van der Waals surface area (Å²) in [6, 6.07) is 3.89. The minimum Gasteiger partial charge on any atom is -0.469 e. The lowest BCUT2D eigenvalue weighted by atomic mass is 9.91. The molecule has 92 valence electrons. The molecular formula is C12H20ClNO2. The summed E-state index contributed by atoms with van der Waals surface area (Å²) in [5, 5.41) is 3.44. The monoisotopic (exact) mass is 245 g/mol. The molecular weight excluding hydrogens is 226 g/mol. The highest BCUT2D eigenvalue weighted by molar-refractivity contribution is 5.85. The van der Waals surface area contributed by atoms with Crippen LogP contribution < -0.4 is 5.32 Å². The van der Waals surface area contributed by atoms with E-state index in [2.05, 4.69) is 26.1 Å². The molecule has 0 bridgehead atoms. The van der Waals surface area contributed by atoms with Crippen molar-refractivity contribution in [3.8, 4) is 0 Å². The summed E-state index contributed by atoms with van der Waals surface area (Å²) in [6.45, 7) is 8.24. The normalized spacial score (nSPS) is 28.4. The molecule has 1 aromatic rings. The van der Waals surface area contributed by atoms with E-state index in [9.17, 15) is 0 Å². The number of nitrogens with one attached hydrogen (secondary N) is 1. The van der Waals surface area contributed by atoms with Gasteiger partial charge in [-0.05, 0) is 19.1 Å². The van der Waals surface area contributed by atoms with Crippen molar-refractivity contribution < 1.29 is 9.15 Å². The van der Waals surface area contributed by atoms with Gasteiger partial charge >= 0.3 is 0 Å². The molecule has 0 spiro atoms. The van der Waals surface area contributed by atoms with E-state index in [0.29, 0.717) is 0 Å². The molecule has 0 saturated carbocycles. The molecule has 2 rings (SSSR count). The molecule has 3 nitrogen and oxygen atoms in total. The van der Waals surface area contributed by atoms with E-state index < -0.39 is 0 Å². The van der Waals surface area contributed by atoms with Crippen LogP contribution in [0.25, 0.3) is 0 Å². The van der Waals surface area contributed by atoms with Crippen LogP contribution in [0, 0.1) is 5.41 Å². The average Bonchev–Trinajstić information content (AvgIpc) is 2.64. The van der Waals surface area contributed by atoms with Crippen molar-refractivity contribution >= 4 is 12.4 Å². The first kappa shape index (κ1) is 13.6. The van der Waals surface area contributed by atoms with Crippen LogP contribution in [0.4, 0.5) is 0 Å². The van der Waals surface area contributed by atoms with Crippen molar-refractivity contribution in [2.24, 2.45) is 5.41 Å². The zero-order valence-corrected chi connectivity index (χ0v) is 10.9. The SMILES string of the molecule is CC1(C)CNC(C)(Cc2ccco2)OC1.Cl. The van der Waals surface area contributed by atoms with Crippen LogP contribution in [0.2, 0.25) is 0 Å². The van der Waals surface area contributed by atoms with Gasteiger partial charge in [-0.2, -0.15) is 0 Å². The van der Waals surface area contributed by atoms with Gasteiger partial charge in [-0.1, -0.05) is 13.8 Å². The zero-order chi connectivity index (χ0) is 10.9. The minimum atomic E-state index is -0.284. The molecule has 4 heteroatoms. The number of furan rings is 1. The van der Waals surface area contributed by atoms with Crippen LogP contribution in [0.1, 0.15) is 26.5 Å². The first-order chi connectivity index (χ1) is 6.99. The van der Waals surface area contributed by atoms with Crippen molar-refractivity contribution in [3.05, 3.63) is 24.2 Å². The number of hydrogen-bond donors (Lipinski definition) is 1. The molecule has 1 aliphatic rings. The van der Waals surface area contributed by atoms with E-state index >= 15 is 0 Å². The lowest BCUT2D eigenvalue weighted by Gasteiger charge is -2.42. The summed E-state index contributed by atoms with van der Waals surface area (Å²) >= 11 is 0. The highest BCUT2D eigenvalue weighted by atomic mass is 35.5. The second-order valence-electron chi connectivity index (χ2n) is 5.29. The first-order valence-corrected chi connectivity index (χ1v) is 5.41. The Morgan fingerprint density at radius 3 is 2.62 bits per heavy atom. The summed E-state index contributed by atoms with van der Waals surface area (Å²) in [6.07, 6.45) is 2.47. The fourth-order valence-corrected chi connectivity index (χ4v) is 1.74. The number of hydrogen-bond acceptors (Lipinski definition) is 3. The standard InChI is InChI=1S/C12H19NO2.ClH/c1-11(2)8-13-12(3,15-9-11)7-10-5-4-6-14-10;/h4-6,13H,7-9H2,1-3H3;1H. The van der Waals surface area contributed by atoms with Crippen molar-refractivity contribution in [2.45, 2.75) is 32.9 Å². The Hall–Kier alpha value is -0.510. The van der Waals surface area contributed by atoms with Gasteiger partial charge in [0.2, 0.25) is 0 Å². The molecule has 0 radical (unpaired) electrons. The van der Waals surface area contributed by atoms with Crippen LogP contribution in [0.5, 0.6) is 0 Å². The molecule has 1 unspecified atom stereocenters. The number of halogens is 1. The second-order valence-corrected chi connectivity index (χ2v) is 5.29. The molecule has 16 heavy (non-hydrogen) atoms. The van der Waals surface area contributed by atoms with Gasteiger partial charge in [0.05, 0.1) is 12.9 Å². The lowest BCUT2D eigenvalue weighted by molar-refractivity contribution is -0.127. The van der Waals surface area contributed by atoms with Crippen molar-refractivity contribution in [3.63, 3.8) is 0 Å². The highest BCUT2D eigenvalue weighted by Gasteiger charge is 2.35. The molecule has 1 fully saturated rings. The Morgan fingerprint density at radius 2 is 2.12 bits per heavy atom. The quantitative estimate of drug-likeness (QED) is 0.870. The van der Waals surface area contributed by atoms with Crippen molar-refractivity contribution in [2.75, 3.05) is 13.2 Å². The number of rotatable bonds is 2. The predicted octanol–water partition coefficient (Wildman–Crippen LogP) is 2.61. The van der Waals surface area contributed by atoms with E-state index in [-0.39, 0.29) is 23.5 Å². The van der Waals surface area contributed by atoms with E-state index in [1.807, 2.05) is 12.1 Å². The molecule has 1 saturated heterocycles. The van der Waals surface area contributed by atoms with Gasteiger partial charge in [-0.25, -0.2) is 0 Å². The van der Waals surface area contributed by atoms with Gasteiger partial charge in [-0.15, -0.1) is 12.4 Å². The summed E-state index contributed by atoms with van der Waals surface area (Å²) in [5.41, 5.74) is -0.0595. The van der Waals surface area contributed by atoms with Crippen molar-refractivity contribution in [1.29, 1.82) is 0 Å². The Balaban J connectivity index is 0.00000128. The zero-order valence-electron chi connectivity index (χ0n) is 10.1. The van der Waals surface area contributed by atoms with Crippen LogP contribution >= 0.6 is 12.4 Å². The van der Waals surface area contributed by atoms with Gasteiger partial charge in [0.15, 0.2) is 0 Å². The van der Waals surface area contributed by atoms with Gasteiger partial charge in [0.1, 0.15) is 11.5 Å². The molecule has 1 N–H and O–H groups in total. The Bertz CT molecular complexity index is 312. The molecule has 0 amide bonds. The van der Waals surface area contributed by atoms with Crippen LogP contribution in [-0.4, -0.2) is 18.9 Å². The van der Waals surface area contributed by atoms with Crippen molar-refractivity contribution in [1.82, 2.24) is 5.32 Å². The molecule has 1 atom stereocenters. The predicted molar refractivity (Wildman–Crippen MR) is 65.8 cm³/mol. The summed E-state index contributed by atoms with van der Waals surface area (Å²) in [7, 11) is 0. The van der Waals surface area contributed by atoms with Gasteiger partial charge in [0, 0.05) is 18.4 Å². The Morgan fingerprint density at radius 1 is 1.38 bits per heavy atom. The smallest absolute Gasteiger partial charge is 0.123 e. The maximum atomic E-state index is 5.88. The van der Waals surface area contributed by atoms with E-state index in [4.69, 9.17) is 9.15 Å². The maximum absolute atomic E-state index is 5.88. The average molecular weight is 246 g/mol. The maximum Gasteiger partial charge on any atom is 0.123 e. The number of ether oxygens (including phenoxy) is 1. The lowest BCUT2D eigenvalue weighted by Crippen LogP contribution is -2.56. The van der Waals surface area contributed by atoms with E-state index in [0.717, 1.165) is 25.3 Å². The van der Waals surface area contributed by atoms with E-state index in [1.54, 1.807) is 6.26 Å². The third kappa shape index (κ3) is 3.24. The third-order valence-corrected chi connectivity index (χ3v) is 2.81. The largest absolute Gasteiger partial charge is 0.469 e. The fourth-order valence-electron chi connectivity index (χ4n) is 1.74. The van der Waals surface area contributed by atoms with Gasteiger partial charge < -0.3 is 9.15 Å². The summed E-state index contributed by atoms with van der Waals surface area (Å²) < 4.78 is 11.2. The Kier molecular flexibility index (Phi) is 4.05.